The molecule has 1 aliphatic rings. The zero-order valence-electron chi connectivity index (χ0n) is 16.8. The number of rotatable bonds is 13. The van der Waals surface area contributed by atoms with E-state index in [1.807, 2.05) is 19.1 Å². The Labute approximate surface area is 167 Å². The summed E-state index contributed by atoms with van der Waals surface area (Å²) in [5.74, 6) is -0.227. The van der Waals surface area contributed by atoms with E-state index in [1.165, 1.54) is 0 Å². The van der Waals surface area contributed by atoms with Crippen molar-refractivity contribution in [3.63, 3.8) is 0 Å². The zero-order valence-corrected chi connectivity index (χ0v) is 17.7. The molecule has 0 aromatic carbocycles. The molecule has 1 rings (SSSR count). The standard InChI is InChI=1S/C21H38O5S/c1-3-4-9-12-21(2,26)15-27-14-17-16(18(22)13-19(17)23)10-7-5-6-8-11-20(24)25/h5,7,14,16-19,22-23,26-27H,3-4,6,8-13,15H2,1-2H3,(H,24,25)/b7-5+/t16-,17-,18+,19-,21+/m1/s1. The normalized spacial score (nSPS) is 28.5. The van der Waals surface area contributed by atoms with Crippen molar-refractivity contribution >= 4 is 22.7 Å². The summed E-state index contributed by atoms with van der Waals surface area (Å²) in [6.07, 6.45) is 9.54. The second kappa shape index (κ2) is 12.7. The molecule has 5 atom stereocenters. The molecule has 4 N–H and O–H groups in total. The van der Waals surface area contributed by atoms with Crippen molar-refractivity contribution in [2.75, 3.05) is 5.75 Å². The van der Waals surface area contributed by atoms with E-state index in [0.29, 0.717) is 31.4 Å². The van der Waals surface area contributed by atoms with Crippen molar-refractivity contribution in [1.29, 1.82) is 0 Å². The third kappa shape index (κ3) is 9.88. The van der Waals surface area contributed by atoms with E-state index < -0.39 is 23.8 Å². The van der Waals surface area contributed by atoms with Gasteiger partial charge in [0, 0.05) is 24.5 Å². The Morgan fingerprint density at radius 2 is 1.93 bits per heavy atom. The third-order valence-corrected chi connectivity index (χ3v) is 6.70. The maximum absolute atomic E-state index is 10.5. The molecule has 1 aliphatic carbocycles. The van der Waals surface area contributed by atoms with Gasteiger partial charge in [-0.2, -0.15) is 0 Å². The van der Waals surface area contributed by atoms with Gasteiger partial charge in [-0.05, 0) is 38.5 Å². The number of unbranched alkanes of at least 4 members (excludes halogenated alkanes) is 3. The van der Waals surface area contributed by atoms with Crippen LogP contribution in [0.1, 0.15) is 71.6 Å². The first-order chi connectivity index (χ1) is 12.8. The molecule has 0 amide bonds. The molecule has 0 aromatic heterocycles. The maximum atomic E-state index is 10.5. The van der Waals surface area contributed by atoms with Crippen LogP contribution in [0.25, 0.3) is 0 Å². The van der Waals surface area contributed by atoms with Gasteiger partial charge in [-0.1, -0.05) is 43.7 Å². The molecule has 0 aliphatic heterocycles. The van der Waals surface area contributed by atoms with Crippen LogP contribution in [0.2, 0.25) is 0 Å². The van der Waals surface area contributed by atoms with Crippen LogP contribution < -0.4 is 0 Å². The van der Waals surface area contributed by atoms with Crippen LogP contribution in [0.5, 0.6) is 0 Å². The lowest BCUT2D eigenvalue weighted by molar-refractivity contribution is -0.137. The van der Waals surface area contributed by atoms with Crippen molar-refractivity contribution in [3.05, 3.63) is 12.2 Å². The number of allylic oxidation sites excluding steroid dienone is 2. The quantitative estimate of drug-likeness (QED) is 0.141. The fraction of sp³-hybridized carbons (Fsp3) is 0.810. The average Bonchev–Trinajstić information content (AvgIpc) is 2.84. The topological polar surface area (TPSA) is 98.0 Å². The lowest BCUT2D eigenvalue weighted by Crippen LogP contribution is -2.27. The van der Waals surface area contributed by atoms with Gasteiger partial charge in [0.15, 0.2) is 0 Å². The Morgan fingerprint density at radius 3 is 2.59 bits per heavy atom. The zero-order chi connectivity index (χ0) is 20.3. The first kappa shape index (κ1) is 24.3. The molecule has 158 valence electrons. The van der Waals surface area contributed by atoms with Gasteiger partial charge in [-0.25, -0.2) is 11.4 Å². The molecule has 27 heavy (non-hydrogen) atoms. The van der Waals surface area contributed by atoms with Crippen LogP contribution in [0.3, 0.4) is 0 Å². The highest BCUT2D eigenvalue weighted by Crippen LogP contribution is 2.35. The molecule has 1 saturated carbocycles. The number of aliphatic hydroxyl groups is 3. The van der Waals surface area contributed by atoms with Crippen LogP contribution >= 0.6 is 11.4 Å². The summed E-state index contributed by atoms with van der Waals surface area (Å²) in [6, 6.07) is 0. The van der Waals surface area contributed by atoms with E-state index in [0.717, 1.165) is 37.0 Å². The van der Waals surface area contributed by atoms with Gasteiger partial charge < -0.3 is 20.4 Å². The van der Waals surface area contributed by atoms with Crippen molar-refractivity contribution in [2.45, 2.75) is 89.4 Å². The van der Waals surface area contributed by atoms with Crippen LogP contribution in [-0.2, 0) is 4.79 Å². The van der Waals surface area contributed by atoms with E-state index in [4.69, 9.17) is 5.11 Å². The number of carbonyl (C=O) groups is 1. The van der Waals surface area contributed by atoms with Gasteiger partial charge in [0.05, 0.1) is 17.8 Å². The van der Waals surface area contributed by atoms with Crippen LogP contribution in [-0.4, -0.2) is 55.3 Å². The fourth-order valence-corrected chi connectivity index (χ4v) is 4.91. The molecule has 0 aromatic rings. The fourth-order valence-electron chi connectivity index (χ4n) is 3.59. The summed E-state index contributed by atoms with van der Waals surface area (Å²) in [6.45, 7) is 4.02. The molecule has 0 unspecified atom stereocenters. The Morgan fingerprint density at radius 1 is 1.19 bits per heavy atom. The molecule has 6 heteroatoms. The summed E-state index contributed by atoms with van der Waals surface area (Å²) in [5.41, 5.74) is -0.686. The van der Waals surface area contributed by atoms with Gasteiger partial charge in [0.25, 0.3) is 0 Å². The Balaban J connectivity index is 2.50. The van der Waals surface area contributed by atoms with E-state index in [-0.39, 0.29) is 18.3 Å². The highest BCUT2D eigenvalue weighted by Gasteiger charge is 2.39. The van der Waals surface area contributed by atoms with Gasteiger partial charge in [-0.15, -0.1) is 0 Å². The summed E-state index contributed by atoms with van der Waals surface area (Å²) in [5, 5.41) is 41.7. The average molecular weight is 403 g/mol. The number of thiol groups is 1. The van der Waals surface area contributed by atoms with E-state index in [2.05, 4.69) is 12.3 Å². The minimum Gasteiger partial charge on any atom is -0.481 e. The van der Waals surface area contributed by atoms with Gasteiger partial charge in [0.2, 0.25) is 0 Å². The van der Waals surface area contributed by atoms with Crippen molar-refractivity contribution in [1.82, 2.24) is 0 Å². The summed E-state index contributed by atoms with van der Waals surface area (Å²) < 4.78 is 0. The molecule has 0 bridgehead atoms. The monoisotopic (exact) mass is 402 g/mol. The van der Waals surface area contributed by atoms with E-state index >= 15 is 0 Å². The van der Waals surface area contributed by atoms with E-state index in [9.17, 15) is 20.1 Å². The highest BCUT2D eigenvalue weighted by molar-refractivity contribution is 7.97. The van der Waals surface area contributed by atoms with Crippen LogP contribution in [0.15, 0.2) is 12.2 Å². The molecular formula is C21H38O5S. The predicted molar refractivity (Wildman–Crippen MR) is 114 cm³/mol. The number of hydrogen-bond donors (Lipinski definition) is 5. The molecule has 1 fully saturated rings. The first-order valence-electron chi connectivity index (χ1n) is 10.2. The minimum absolute atomic E-state index is 0.0201. The summed E-state index contributed by atoms with van der Waals surface area (Å²) in [4.78, 5) is 10.5. The largest absolute Gasteiger partial charge is 0.481 e. The summed E-state index contributed by atoms with van der Waals surface area (Å²) in [7, 11) is 0. The summed E-state index contributed by atoms with van der Waals surface area (Å²) >= 11 is 0.999. The molecule has 0 radical (unpaired) electrons. The van der Waals surface area contributed by atoms with Crippen molar-refractivity contribution in [3.8, 4) is 0 Å². The smallest absolute Gasteiger partial charge is 0.303 e. The van der Waals surface area contributed by atoms with Crippen LogP contribution in [0.4, 0.5) is 0 Å². The predicted octanol–water partition coefficient (Wildman–Crippen LogP) is 3.14. The molecule has 0 heterocycles. The number of carboxylic acids is 1. The molecule has 0 spiro atoms. The number of carboxylic acid groups (broad SMARTS) is 1. The minimum atomic E-state index is -0.781. The van der Waals surface area contributed by atoms with Gasteiger partial charge in [-0.3, -0.25) is 4.79 Å². The van der Waals surface area contributed by atoms with Crippen LogP contribution in [0, 0.1) is 11.8 Å². The lowest BCUT2D eigenvalue weighted by Gasteiger charge is -2.23. The van der Waals surface area contributed by atoms with Gasteiger partial charge >= 0.3 is 5.97 Å². The Kier molecular flexibility index (Phi) is 11.5. The Bertz CT molecular complexity index is 489. The van der Waals surface area contributed by atoms with Gasteiger partial charge in [0.1, 0.15) is 0 Å². The number of aliphatic carboxylic acids is 1. The van der Waals surface area contributed by atoms with Crippen molar-refractivity contribution in [2.24, 2.45) is 11.8 Å². The second-order valence-electron chi connectivity index (χ2n) is 8.05. The lowest BCUT2D eigenvalue weighted by atomic mass is 9.92. The first-order valence-corrected chi connectivity index (χ1v) is 11.4. The van der Waals surface area contributed by atoms with Crippen molar-refractivity contribution < 1.29 is 25.2 Å². The maximum Gasteiger partial charge on any atom is 0.303 e. The molecule has 0 saturated heterocycles. The Hall–Kier alpha value is -0.690. The SMILES string of the molecule is CCCCC[C@](C)(O)C/[SH]=C/[C@@H]1[C@@H](C/C=C/CCCC(=O)O)[C@@H](O)C[C@H]1O. The third-order valence-electron chi connectivity index (χ3n) is 5.28. The number of hydrogen-bond acceptors (Lipinski definition) is 4. The second-order valence-corrected chi connectivity index (χ2v) is 9.03. The van der Waals surface area contributed by atoms with E-state index in [1.54, 1.807) is 0 Å². The highest BCUT2D eigenvalue weighted by atomic mass is 32.1. The molecule has 5 nitrogen and oxygen atoms in total. The number of aliphatic hydroxyl groups excluding tert-OH is 2. The molecular weight excluding hydrogens is 364 g/mol.